The maximum atomic E-state index is 10.2. The Balaban J connectivity index is 1.73. The molecule has 0 aliphatic heterocycles. The molecule has 1 aromatic rings. The molecule has 0 bridgehead atoms. The van der Waals surface area contributed by atoms with E-state index >= 15 is 0 Å². The lowest BCUT2D eigenvalue weighted by atomic mass is 9.79. The van der Waals surface area contributed by atoms with E-state index in [1.54, 1.807) is 0 Å². The number of ether oxygens (including phenoxy) is 1. The molecule has 0 spiro atoms. The third kappa shape index (κ3) is 4.54. The first kappa shape index (κ1) is 14.4. The summed E-state index contributed by atoms with van der Waals surface area (Å²) in [7, 11) is 0. The fraction of sp³-hybridized carbons (Fsp3) is 0.647. The monoisotopic (exact) mass is 262 g/mol. The van der Waals surface area contributed by atoms with Crippen LogP contribution in [0.25, 0.3) is 0 Å². The number of aryl methyl sites for hydroxylation is 1. The molecule has 1 aliphatic carbocycles. The van der Waals surface area contributed by atoms with E-state index in [-0.39, 0.29) is 6.10 Å². The molecule has 3 atom stereocenters. The number of hydrogen-bond donors (Lipinski definition) is 1. The Labute approximate surface area is 116 Å². The van der Waals surface area contributed by atoms with Gasteiger partial charge in [-0.3, -0.25) is 0 Å². The van der Waals surface area contributed by atoms with E-state index in [1.807, 2.05) is 18.2 Å². The van der Waals surface area contributed by atoms with Gasteiger partial charge < -0.3 is 9.84 Å². The zero-order chi connectivity index (χ0) is 13.7. The van der Waals surface area contributed by atoms with Gasteiger partial charge in [-0.05, 0) is 49.3 Å². The number of hydrogen-bond acceptors (Lipinski definition) is 2. The Morgan fingerprint density at radius 1 is 1.37 bits per heavy atom. The van der Waals surface area contributed by atoms with E-state index in [0.29, 0.717) is 12.5 Å². The fourth-order valence-corrected chi connectivity index (χ4v) is 3.07. The fourth-order valence-electron chi connectivity index (χ4n) is 3.07. The van der Waals surface area contributed by atoms with Crippen LogP contribution in [-0.4, -0.2) is 17.8 Å². The average molecular weight is 262 g/mol. The van der Waals surface area contributed by atoms with Gasteiger partial charge in [0.2, 0.25) is 0 Å². The van der Waals surface area contributed by atoms with Crippen molar-refractivity contribution in [3.05, 3.63) is 29.8 Å². The average Bonchev–Trinajstić information content (AvgIpc) is 2.38. The highest BCUT2D eigenvalue weighted by atomic mass is 16.5. The molecule has 1 saturated carbocycles. The quantitative estimate of drug-likeness (QED) is 0.870. The van der Waals surface area contributed by atoms with Gasteiger partial charge in [0.1, 0.15) is 5.75 Å². The van der Waals surface area contributed by atoms with Crippen molar-refractivity contribution in [1.29, 1.82) is 0 Å². The first-order valence-corrected chi connectivity index (χ1v) is 7.52. The van der Waals surface area contributed by atoms with Crippen molar-refractivity contribution in [2.45, 2.75) is 52.1 Å². The first-order valence-electron chi connectivity index (χ1n) is 7.52. The Bertz CT molecular complexity index is 389. The summed E-state index contributed by atoms with van der Waals surface area (Å²) in [6.07, 6.45) is 5.48. The minimum atomic E-state index is -0.201. The highest BCUT2D eigenvalue weighted by Crippen LogP contribution is 2.31. The van der Waals surface area contributed by atoms with Crippen LogP contribution in [0.4, 0.5) is 0 Å². The smallest absolute Gasteiger partial charge is 0.119 e. The van der Waals surface area contributed by atoms with Crippen LogP contribution < -0.4 is 4.74 Å². The van der Waals surface area contributed by atoms with Crippen LogP contribution in [0.5, 0.6) is 5.75 Å². The van der Waals surface area contributed by atoms with Gasteiger partial charge in [-0.25, -0.2) is 0 Å². The summed E-state index contributed by atoms with van der Waals surface area (Å²) in [5.74, 6) is 2.15. The van der Waals surface area contributed by atoms with E-state index < -0.39 is 0 Å². The Morgan fingerprint density at radius 2 is 2.21 bits per heavy atom. The Kier molecular flexibility index (Phi) is 5.26. The molecule has 0 heterocycles. The predicted octanol–water partition coefficient (Wildman–Crippen LogP) is 3.95. The minimum absolute atomic E-state index is 0.201. The van der Waals surface area contributed by atoms with E-state index in [9.17, 15) is 5.11 Å². The van der Waals surface area contributed by atoms with Crippen molar-refractivity contribution in [2.24, 2.45) is 11.8 Å². The normalized spacial score (nSPS) is 25.0. The molecular formula is C17H26O2. The van der Waals surface area contributed by atoms with Gasteiger partial charge in [0, 0.05) is 6.42 Å². The molecule has 0 amide bonds. The second kappa shape index (κ2) is 6.95. The molecule has 1 aliphatic rings. The van der Waals surface area contributed by atoms with Crippen LogP contribution >= 0.6 is 0 Å². The van der Waals surface area contributed by atoms with E-state index in [4.69, 9.17) is 4.74 Å². The third-order valence-electron chi connectivity index (χ3n) is 4.19. The standard InChI is InChI=1S/C17H26O2/c1-13-5-3-7-15(11-13)17(18)9-10-19-16-8-4-6-14(2)12-16/h4,6,8,12-13,15,17-18H,3,5,7,9-11H2,1-2H3. The zero-order valence-electron chi connectivity index (χ0n) is 12.1. The van der Waals surface area contributed by atoms with Crippen molar-refractivity contribution in [2.75, 3.05) is 6.61 Å². The maximum Gasteiger partial charge on any atom is 0.119 e. The molecule has 106 valence electrons. The van der Waals surface area contributed by atoms with Crippen LogP contribution in [0.15, 0.2) is 24.3 Å². The molecule has 2 nitrogen and oxygen atoms in total. The number of benzene rings is 1. The largest absolute Gasteiger partial charge is 0.493 e. The van der Waals surface area contributed by atoms with Crippen molar-refractivity contribution in [3.63, 3.8) is 0 Å². The van der Waals surface area contributed by atoms with Crippen molar-refractivity contribution in [1.82, 2.24) is 0 Å². The van der Waals surface area contributed by atoms with Gasteiger partial charge in [-0.15, -0.1) is 0 Å². The summed E-state index contributed by atoms with van der Waals surface area (Å²) >= 11 is 0. The third-order valence-corrected chi connectivity index (χ3v) is 4.19. The second-order valence-electron chi connectivity index (χ2n) is 6.05. The maximum absolute atomic E-state index is 10.2. The second-order valence-corrected chi connectivity index (χ2v) is 6.05. The van der Waals surface area contributed by atoms with E-state index in [2.05, 4.69) is 19.9 Å². The Morgan fingerprint density at radius 3 is 2.95 bits per heavy atom. The molecule has 1 aromatic carbocycles. The van der Waals surface area contributed by atoms with Crippen molar-refractivity contribution in [3.8, 4) is 5.75 Å². The molecule has 1 N–H and O–H groups in total. The van der Waals surface area contributed by atoms with Crippen LogP contribution in [0.3, 0.4) is 0 Å². The molecule has 2 rings (SSSR count). The van der Waals surface area contributed by atoms with Gasteiger partial charge in [-0.2, -0.15) is 0 Å². The lowest BCUT2D eigenvalue weighted by Crippen LogP contribution is -2.27. The molecule has 1 fully saturated rings. The van der Waals surface area contributed by atoms with Gasteiger partial charge in [-0.1, -0.05) is 31.9 Å². The lowest BCUT2D eigenvalue weighted by Gasteiger charge is -2.30. The molecule has 19 heavy (non-hydrogen) atoms. The molecule has 3 unspecified atom stereocenters. The SMILES string of the molecule is Cc1cccc(OCCC(O)C2CCCC(C)C2)c1. The highest BCUT2D eigenvalue weighted by molar-refractivity contribution is 5.27. The van der Waals surface area contributed by atoms with Crippen LogP contribution in [-0.2, 0) is 0 Å². The summed E-state index contributed by atoms with van der Waals surface area (Å²) in [6, 6.07) is 8.08. The van der Waals surface area contributed by atoms with Gasteiger partial charge >= 0.3 is 0 Å². The molecule has 0 radical (unpaired) electrons. The number of aliphatic hydroxyl groups excluding tert-OH is 1. The number of aliphatic hydroxyl groups is 1. The van der Waals surface area contributed by atoms with Crippen LogP contribution in [0.2, 0.25) is 0 Å². The van der Waals surface area contributed by atoms with Gasteiger partial charge in [0.15, 0.2) is 0 Å². The summed E-state index contributed by atoms with van der Waals surface area (Å²) in [6.45, 7) is 4.96. The van der Waals surface area contributed by atoms with E-state index in [0.717, 1.165) is 18.1 Å². The minimum Gasteiger partial charge on any atom is -0.493 e. The van der Waals surface area contributed by atoms with Crippen LogP contribution in [0, 0.1) is 18.8 Å². The van der Waals surface area contributed by atoms with E-state index in [1.165, 1.54) is 31.2 Å². The number of rotatable bonds is 5. The first-order chi connectivity index (χ1) is 9.15. The predicted molar refractivity (Wildman–Crippen MR) is 78.4 cm³/mol. The molecular weight excluding hydrogens is 236 g/mol. The zero-order valence-corrected chi connectivity index (χ0v) is 12.1. The summed E-state index contributed by atoms with van der Waals surface area (Å²) in [5.41, 5.74) is 1.21. The van der Waals surface area contributed by atoms with Crippen molar-refractivity contribution < 1.29 is 9.84 Å². The highest BCUT2D eigenvalue weighted by Gasteiger charge is 2.24. The molecule has 0 saturated heterocycles. The summed E-state index contributed by atoms with van der Waals surface area (Å²) < 4.78 is 5.72. The summed E-state index contributed by atoms with van der Waals surface area (Å²) in [5, 5.41) is 10.2. The molecule has 0 aromatic heterocycles. The molecule has 2 heteroatoms. The Hall–Kier alpha value is -1.02. The van der Waals surface area contributed by atoms with Gasteiger partial charge in [0.05, 0.1) is 12.7 Å². The summed E-state index contributed by atoms with van der Waals surface area (Å²) in [4.78, 5) is 0. The van der Waals surface area contributed by atoms with Crippen LogP contribution in [0.1, 0.15) is 44.6 Å². The van der Waals surface area contributed by atoms with Gasteiger partial charge in [0.25, 0.3) is 0 Å². The van der Waals surface area contributed by atoms with Crippen molar-refractivity contribution >= 4 is 0 Å². The lowest BCUT2D eigenvalue weighted by molar-refractivity contribution is 0.0533. The topological polar surface area (TPSA) is 29.5 Å².